The lowest BCUT2D eigenvalue weighted by Crippen LogP contribution is -2.30. The molecule has 0 heterocycles. The standard InChI is InChI=1S/C11H18O6/c1-3-4-10(14)17-7(2)8(11(15)16)5-6-9(12)13/h7-8H,3-6H2,1-2H3,(H,12,13)(H,15,16). The molecular weight excluding hydrogens is 228 g/mol. The van der Waals surface area contributed by atoms with Crippen molar-refractivity contribution in [3.8, 4) is 0 Å². The molecule has 2 atom stereocenters. The molecule has 6 heteroatoms. The predicted molar refractivity (Wildman–Crippen MR) is 58.5 cm³/mol. The number of hydrogen-bond acceptors (Lipinski definition) is 4. The van der Waals surface area contributed by atoms with Gasteiger partial charge in [-0.15, -0.1) is 0 Å². The van der Waals surface area contributed by atoms with Crippen LogP contribution in [-0.2, 0) is 19.1 Å². The summed E-state index contributed by atoms with van der Waals surface area (Å²) in [5, 5.41) is 17.4. The average molecular weight is 246 g/mol. The molecule has 0 saturated carbocycles. The van der Waals surface area contributed by atoms with Crippen molar-refractivity contribution in [2.45, 2.75) is 45.6 Å². The molecule has 0 aromatic heterocycles. The quantitative estimate of drug-likeness (QED) is 0.626. The monoisotopic (exact) mass is 246 g/mol. The summed E-state index contributed by atoms with van der Waals surface area (Å²) < 4.78 is 4.93. The van der Waals surface area contributed by atoms with Crippen molar-refractivity contribution in [2.24, 2.45) is 5.92 Å². The fraction of sp³-hybridized carbons (Fsp3) is 0.727. The van der Waals surface area contributed by atoms with Gasteiger partial charge in [-0.2, -0.15) is 0 Å². The van der Waals surface area contributed by atoms with Gasteiger partial charge in [0.15, 0.2) is 0 Å². The minimum atomic E-state index is -1.15. The molecule has 0 amide bonds. The highest BCUT2D eigenvalue weighted by molar-refractivity contribution is 5.74. The normalized spacial score (nSPS) is 13.8. The van der Waals surface area contributed by atoms with Crippen LogP contribution in [0.2, 0.25) is 0 Å². The molecule has 0 bridgehead atoms. The summed E-state index contributed by atoms with van der Waals surface area (Å²) in [7, 11) is 0. The van der Waals surface area contributed by atoms with Gasteiger partial charge in [0.1, 0.15) is 6.10 Å². The van der Waals surface area contributed by atoms with E-state index in [9.17, 15) is 14.4 Å². The largest absolute Gasteiger partial charge is 0.481 e. The van der Waals surface area contributed by atoms with E-state index in [1.54, 1.807) is 0 Å². The first kappa shape index (κ1) is 15.4. The van der Waals surface area contributed by atoms with Crippen LogP contribution < -0.4 is 0 Å². The van der Waals surface area contributed by atoms with Crippen LogP contribution in [0.3, 0.4) is 0 Å². The van der Waals surface area contributed by atoms with Gasteiger partial charge < -0.3 is 14.9 Å². The van der Waals surface area contributed by atoms with Gasteiger partial charge in [-0.3, -0.25) is 14.4 Å². The number of ether oxygens (including phenoxy) is 1. The number of esters is 1. The van der Waals surface area contributed by atoms with E-state index in [0.29, 0.717) is 6.42 Å². The summed E-state index contributed by atoms with van der Waals surface area (Å²) in [6.45, 7) is 3.28. The Bertz CT molecular complexity index is 286. The van der Waals surface area contributed by atoms with E-state index in [2.05, 4.69) is 0 Å². The van der Waals surface area contributed by atoms with Gasteiger partial charge in [0.25, 0.3) is 0 Å². The summed E-state index contributed by atoms with van der Waals surface area (Å²) in [6, 6.07) is 0. The van der Waals surface area contributed by atoms with Crippen LogP contribution in [0.5, 0.6) is 0 Å². The molecule has 0 spiro atoms. The highest BCUT2D eigenvalue weighted by Crippen LogP contribution is 2.16. The lowest BCUT2D eigenvalue weighted by Gasteiger charge is -2.19. The number of rotatable bonds is 8. The van der Waals surface area contributed by atoms with E-state index >= 15 is 0 Å². The Morgan fingerprint density at radius 1 is 1.18 bits per heavy atom. The van der Waals surface area contributed by atoms with Crippen molar-refractivity contribution in [3.63, 3.8) is 0 Å². The molecule has 0 aliphatic heterocycles. The van der Waals surface area contributed by atoms with Gasteiger partial charge in [-0.1, -0.05) is 6.92 Å². The van der Waals surface area contributed by atoms with Gasteiger partial charge >= 0.3 is 17.9 Å². The number of hydrogen-bond donors (Lipinski definition) is 2. The van der Waals surface area contributed by atoms with Crippen molar-refractivity contribution in [1.29, 1.82) is 0 Å². The second-order valence-corrected chi connectivity index (χ2v) is 3.82. The van der Waals surface area contributed by atoms with Crippen molar-refractivity contribution < 1.29 is 29.3 Å². The molecule has 0 fully saturated rings. The van der Waals surface area contributed by atoms with Gasteiger partial charge in [0.2, 0.25) is 0 Å². The molecule has 2 unspecified atom stereocenters. The molecule has 17 heavy (non-hydrogen) atoms. The van der Waals surface area contributed by atoms with E-state index in [1.165, 1.54) is 6.92 Å². The van der Waals surface area contributed by atoms with Crippen molar-refractivity contribution in [1.82, 2.24) is 0 Å². The summed E-state index contributed by atoms with van der Waals surface area (Å²) in [6.07, 6.45) is -0.266. The van der Waals surface area contributed by atoms with E-state index < -0.39 is 29.9 Å². The third kappa shape index (κ3) is 6.55. The first-order valence-corrected chi connectivity index (χ1v) is 5.52. The maximum absolute atomic E-state index is 11.2. The van der Waals surface area contributed by atoms with E-state index in [0.717, 1.165) is 0 Å². The second-order valence-electron chi connectivity index (χ2n) is 3.82. The summed E-state index contributed by atoms with van der Waals surface area (Å²) in [4.78, 5) is 32.5. The molecule has 0 aromatic carbocycles. The van der Waals surface area contributed by atoms with Crippen LogP contribution >= 0.6 is 0 Å². The fourth-order valence-corrected chi connectivity index (χ4v) is 1.39. The average Bonchev–Trinajstić information content (AvgIpc) is 2.16. The van der Waals surface area contributed by atoms with E-state index in [-0.39, 0.29) is 19.3 Å². The van der Waals surface area contributed by atoms with E-state index in [4.69, 9.17) is 14.9 Å². The second kappa shape index (κ2) is 7.65. The van der Waals surface area contributed by atoms with Crippen LogP contribution in [0.4, 0.5) is 0 Å². The fourth-order valence-electron chi connectivity index (χ4n) is 1.39. The summed E-state index contributed by atoms with van der Waals surface area (Å²) in [5.74, 6) is -3.65. The Labute approximate surface area is 99.6 Å². The Balaban J connectivity index is 4.33. The predicted octanol–water partition coefficient (Wildman–Crippen LogP) is 1.28. The molecule has 0 rings (SSSR count). The van der Waals surface area contributed by atoms with Gasteiger partial charge in [0, 0.05) is 12.8 Å². The molecule has 98 valence electrons. The van der Waals surface area contributed by atoms with E-state index in [1.807, 2.05) is 6.92 Å². The summed E-state index contributed by atoms with van der Waals surface area (Å²) in [5.41, 5.74) is 0. The van der Waals surface area contributed by atoms with Crippen molar-refractivity contribution >= 4 is 17.9 Å². The SMILES string of the molecule is CCCC(=O)OC(C)C(CCC(=O)O)C(=O)O. The molecule has 2 N–H and O–H groups in total. The highest BCUT2D eigenvalue weighted by Gasteiger charge is 2.28. The molecule has 0 aliphatic carbocycles. The Morgan fingerprint density at radius 2 is 1.76 bits per heavy atom. The van der Waals surface area contributed by atoms with Crippen LogP contribution in [0, 0.1) is 5.92 Å². The molecule has 0 aromatic rings. The maximum atomic E-state index is 11.2. The smallest absolute Gasteiger partial charge is 0.310 e. The molecule has 0 radical (unpaired) electrons. The van der Waals surface area contributed by atoms with Crippen molar-refractivity contribution in [3.05, 3.63) is 0 Å². The topological polar surface area (TPSA) is 101 Å². The zero-order valence-corrected chi connectivity index (χ0v) is 10.0. The minimum Gasteiger partial charge on any atom is -0.481 e. The lowest BCUT2D eigenvalue weighted by atomic mass is 9.98. The number of carbonyl (C=O) groups is 3. The number of carbonyl (C=O) groups excluding carboxylic acids is 1. The molecule has 0 aliphatic rings. The molecule has 0 saturated heterocycles. The Morgan fingerprint density at radius 3 is 2.18 bits per heavy atom. The van der Waals surface area contributed by atoms with Crippen LogP contribution in [0.1, 0.15) is 39.5 Å². The first-order chi connectivity index (χ1) is 7.88. The van der Waals surface area contributed by atoms with Gasteiger partial charge in [-0.05, 0) is 19.8 Å². The molecular formula is C11H18O6. The van der Waals surface area contributed by atoms with Gasteiger partial charge in [-0.25, -0.2) is 0 Å². The van der Waals surface area contributed by atoms with Gasteiger partial charge in [0.05, 0.1) is 5.92 Å². The zero-order chi connectivity index (χ0) is 13.4. The Hall–Kier alpha value is -1.59. The number of aliphatic carboxylic acids is 2. The van der Waals surface area contributed by atoms with Crippen LogP contribution in [0.15, 0.2) is 0 Å². The highest BCUT2D eigenvalue weighted by atomic mass is 16.5. The van der Waals surface area contributed by atoms with Crippen molar-refractivity contribution in [2.75, 3.05) is 0 Å². The lowest BCUT2D eigenvalue weighted by molar-refractivity contribution is -0.158. The minimum absolute atomic E-state index is 0.0504. The maximum Gasteiger partial charge on any atom is 0.310 e. The third-order valence-corrected chi connectivity index (χ3v) is 2.32. The molecule has 6 nitrogen and oxygen atoms in total. The summed E-state index contributed by atoms with van der Waals surface area (Å²) >= 11 is 0. The first-order valence-electron chi connectivity index (χ1n) is 5.52. The third-order valence-electron chi connectivity index (χ3n) is 2.32. The Kier molecular flexibility index (Phi) is 6.93. The van der Waals surface area contributed by atoms with Crippen LogP contribution in [0.25, 0.3) is 0 Å². The zero-order valence-electron chi connectivity index (χ0n) is 10.0. The van der Waals surface area contributed by atoms with Crippen LogP contribution in [-0.4, -0.2) is 34.2 Å². The number of carboxylic acid groups (broad SMARTS) is 2. The number of carboxylic acids is 2.